The number of esters is 1. The smallest absolute Gasteiger partial charge is 0.412 e. The van der Waals surface area contributed by atoms with Gasteiger partial charge in [-0.3, -0.25) is 9.69 Å². The highest BCUT2D eigenvalue weighted by atomic mass is 32.2. The van der Waals surface area contributed by atoms with Crippen molar-refractivity contribution in [3.8, 4) is 0 Å². The normalized spacial score (nSPS) is 18.5. The van der Waals surface area contributed by atoms with Crippen molar-refractivity contribution in [1.82, 2.24) is 4.90 Å². The van der Waals surface area contributed by atoms with Gasteiger partial charge in [-0.2, -0.15) is 0 Å². The average molecular weight is 450 g/mol. The minimum absolute atomic E-state index is 0.212. The Labute approximate surface area is 189 Å². The second kappa shape index (κ2) is 12.2. The molecule has 1 saturated heterocycles. The molecule has 180 valence electrons. The number of carbonyl (C=O) groups excluding carboxylic acids is 2. The zero-order chi connectivity index (χ0) is 24.6. The molecule has 1 unspecified atom stereocenters. The van der Waals surface area contributed by atoms with Gasteiger partial charge in [-0.25, -0.2) is 4.79 Å². The summed E-state index contributed by atoms with van der Waals surface area (Å²) in [6, 6.07) is -0.222. The quantitative estimate of drug-likeness (QED) is 0.472. The zero-order valence-corrected chi connectivity index (χ0v) is 22.7. The van der Waals surface area contributed by atoms with E-state index in [1.807, 2.05) is 96.9 Å². The first-order valence-electron chi connectivity index (χ1n) is 11.0. The van der Waals surface area contributed by atoms with Gasteiger partial charge in [-0.1, -0.05) is 27.7 Å². The Hall–Kier alpha value is -0.950. The van der Waals surface area contributed by atoms with Crippen LogP contribution in [0.5, 0.6) is 0 Å². The molecule has 6 nitrogen and oxygen atoms in total. The van der Waals surface area contributed by atoms with Crippen LogP contribution in [0.15, 0.2) is 0 Å². The summed E-state index contributed by atoms with van der Waals surface area (Å²) in [7, 11) is 0. The van der Waals surface area contributed by atoms with Crippen LogP contribution in [0.2, 0.25) is 0 Å². The first-order chi connectivity index (χ1) is 13.4. The molecule has 1 aliphatic heterocycles. The lowest BCUT2D eigenvalue weighted by molar-refractivity contribution is -0.151. The predicted octanol–water partition coefficient (Wildman–Crippen LogP) is 6.26. The molecule has 7 heteroatoms. The standard InChI is InChI=1S/C19H35NO5S.2C2H6/c1-16(2,3)24-14(21)12-26-18(7,8)13-11-23-19(9,10)20(13)15(22)25-17(4,5)6;2*1-2/h13H,11-12H2,1-10H3;2*1-2H3. The first kappa shape index (κ1) is 31.2. The van der Waals surface area contributed by atoms with Crippen LogP contribution < -0.4 is 0 Å². The fraction of sp³-hybridized carbons (Fsp3) is 0.913. The van der Waals surface area contributed by atoms with E-state index in [2.05, 4.69) is 0 Å². The number of hydrogen-bond acceptors (Lipinski definition) is 6. The van der Waals surface area contributed by atoms with Crippen LogP contribution in [-0.2, 0) is 19.0 Å². The van der Waals surface area contributed by atoms with E-state index in [9.17, 15) is 9.59 Å². The maximum atomic E-state index is 12.8. The Bertz CT molecular complexity index is 533. The molecule has 0 aliphatic carbocycles. The summed E-state index contributed by atoms with van der Waals surface area (Å²) in [5.74, 6) is -0.0545. The van der Waals surface area contributed by atoms with Crippen LogP contribution in [0.25, 0.3) is 0 Å². The largest absolute Gasteiger partial charge is 0.459 e. The summed E-state index contributed by atoms with van der Waals surface area (Å²) >= 11 is 1.46. The molecule has 0 spiro atoms. The van der Waals surface area contributed by atoms with Crippen molar-refractivity contribution in [2.45, 2.75) is 125 Å². The monoisotopic (exact) mass is 449 g/mol. The van der Waals surface area contributed by atoms with Gasteiger partial charge >= 0.3 is 12.1 Å². The Morgan fingerprint density at radius 2 is 1.37 bits per heavy atom. The molecule has 0 aromatic heterocycles. The SMILES string of the molecule is CC.CC.CC(C)(C)OC(=O)CSC(C)(C)C1COC(C)(C)N1C(=O)OC(C)(C)C. The van der Waals surface area contributed by atoms with Crippen molar-refractivity contribution >= 4 is 23.8 Å². The average Bonchev–Trinajstić information content (AvgIpc) is 2.90. The van der Waals surface area contributed by atoms with Gasteiger partial charge in [0.1, 0.15) is 16.9 Å². The lowest BCUT2D eigenvalue weighted by Gasteiger charge is -2.40. The highest BCUT2D eigenvalue weighted by molar-refractivity contribution is 8.01. The molecule has 1 atom stereocenters. The Kier molecular flexibility index (Phi) is 12.7. The summed E-state index contributed by atoms with van der Waals surface area (Å²) in [5.41, 5.74) is -1.87. The molecule has 1 amide bonds. The number of thioether (sulfide) groups is 1. The fourth-order valence-corrected chi connectivity index (χ4v) is 3.60. The van der Waals surface area contributed by atoms with Gasteiger partial charge < -0.3 is 14.2 Å². The predicted molar refractivity (Wildman–Crippen MR) is 127 cm³/mol. The molecule has 1 aliphatic rings. The third-order valence-corrected chi connectivity index (χ3v) is 5.26. The van der Waals surface area contributed by atoms with Crippen LogP contribution in [0.4, 0.5) is 4.79 Å². The first-order valence-corrected chi connectivity index (χ1v) is 12.0. The number of amides is 1. The molecular formula is C23H47NO5S. The van der Waals surface area contributed by atoms with E-state index < -0.39 is 27.8 Å². The van der Waals surface area contributed by atoms with E-state index in [1.165, 1.54) is 11.8 Å². The second-order valence-electron chi connectivity index (χ2n) is 9.60. The molecule has 0 N–H and O–H groups in total. The van der Waals surface area contributed by atoms with Crippen molar-refractivity contribution < 1.29 is 23.8 Å². The molecule has 30 heavy (non-hydrogen) atoms. The minimum Gasteiger partial charge on any atom is -0.459 e. The van der Waals surface area contributed by atoms with Crippen molar-refractivity contribution in [2.75, 3.05) is 12.4 Å². The highest BCUT2D eigenvalue weighted by Crippen LogP contribution is 2.40. The van der Waals surface area contributed by atoms with Crippen molar-refractivity contribution in [3.63, 3.8) is 0 Å². The minimum atomic E-state index is -0.767. The van der Waals surface area contributed by atoms with Gasteiger partial charge in [0, 0.05) is 4.75 Å². The molecule has 1 rings (SSSR count). The Morgan fingerprint density at radius 3 is 1.77 bits per heavy atom. The van der Waals surface area contributed by atoms with Crippen molar-refractivity contribution in [1.29, 1.82) is 0 Å². The molecular weight excluding hydrogens is 402 g/mol. The fourth-order valence-electron chi connectivity index (χ4n) is 2.68. The topological polar surface area (TPSA) is 65.1 Å². The van der Waals surface area contributed by atoms with Crippen LogP contribution in [0.3, 0.4) is 0 Å². The Morgan fingerprint density at radius 1 is 0.933 bits per heavy atom. The van der Waals surface area contributed by atoms with E-state index >= 15 is 0 Å². The number of carbonyl (C=O) groups is 2. The summed E-state index contributed by atoms with van der Waals surface area (Å²) in [5, 5.41) is 0. The van der Waals surface area contributed by atoms with E-state index in [1.54, 1.807) is 4.90 Å². The molecule has 0 saturated carbocycles. The number of rotatable bonds is 4. The van der Waals surface area contributed by atoms with Crippen LogP contribution in [0, 0.1) is 0 Å². The molecule has 1 fully saturated rings. The molecule has 0 radical (unpaired) electrons. The van der Waals surface area contributed by atoms with Crippen molar-refractivity contribution in [2.24, 2.45) is 0 Å². The molecule has 0 bridgehead atoms. The maximum Gasteiger partial charge on any atom is 0.412 e. The third kappa shape index (κ3) is 10.9. The summed E-state index contributed by atoms with van der Waals surface area (Å²) in [6.45, 7) is 27.2. The van der Waals surface area contributed by atoms with Gasteiger partial charge in [0.05, 0.1) is 18.4 Å². The van der Waals surface area contributed by atoms with E-state index in [0.29, 0.717) is 6.61 Å². The number of ether oxygens (including phenoxy) is 3. The van der Waals surface area contributed by atoms with E-state index in [-0.39, 0.29) is 17.8 Å². The summed E-state index contributed by atoms with van der Waals surface area (Å²) in [4.78, 5) is 26.5. The van der Waals surface area contributed by atoms with Crippen molar-refractivity contribution in [3.05, 3.63) is 0 Å². The summed E-state index contributed by atoms with van der Waals surface area (Å²) < 4.78 is 16.4. The van der Waals surface area contributed by atoms with Gasteiger partial charge in [0.15, 0.2) is 0 Å². The highest BCUT2D eigenvalue weighted by Gasteiger charge is 2.51. The molecule has 0 aromatic carbocycles. The number of nitrogens with zero attached hydrogens (tertiary/aromatic N) is 1. The van der Waals surface area contributed by atoms with Gasteiger partial charge in [0.25, 0.3) is 0 Å². The number of hydrogen-bond donors (Lipinski definition) is 0. The Balaban J connectivity index is 0. The van der Waals surface area contributed by atoms with E-state index in [4.69, 9.17) is 14.2 Å². The van der Waals surface area contributed by atoms with Gasteiger partial charge in [0.2, 0.25) is 0 Å². The third-order valence-electron chi connectivity index (χ3n) is 3.86. The molecule has 1 heterocycles. The lowest BCUT2D eigenvalue weighted by atomic mass is 10.0. The van der Waals surface area contributed by atoms with E-state index in [0.717, 1.165) is 0 Å². The zero-order valence-electron chi connectivity index (χ0n) is 21.9. The second-order valence-corrected chi connectivity index (χ2v) is 11.2. The summed E-state index contributed by atoms with van der Waals surface area (Å²) in [6.07, 6.45) is -0.407. The van der Waals surface area contributed by atoms with Gasteiger partial charge in [-0.15, -0.1) is 11.8 Å². The lowest BCUT2D eigenvalue weighted by Crippen LogP contribution is -2.55. The molecule has 0 aromatic rings. The van der Waals surface area contributed by atoms with Crippen LogP contribution >= 0.6 is 11.8 Å². The van der Waals surface area contributed by atoms with Crippen LogP contribution in [-0.4, -0.2) is 57.0 Å². The van der Waals surface area contributed by atoms with Gasteiger partial charge in [-0.05, 0) is 69.2 Å². The van der Waals surface area contributed by atoms with Crippen LogP contribution in [0.1, 0.15) is 96.9 Å². The maximum absolute atomic E-state index is 12.8.